The summed E-state index contributed by atoms with van der Waals surface area (Å²) < 4.78 is 0. The van der Waals surface area contributed by atoms with Gasteiger partial charge in [0.1, 0.15) is 0 Å². The highest BCUT2D eigenvalue weighted by molar-refractivity contribution is 7.98. The van der Waals surface area contributed by atoms with Gasteiger partial charge in [0.05, 0.1) is 5.92 Å². The van der Waals surface area contributed by atoms with Crippen LogP contribution in [0.5, 0.6) is 0 Å². The predicted molar refractivity (Wildman–Crippen MR) is 104 cm³/mol. The van der Waals surface area contributed by atoms with Crippen LogP contribution in [0.1, 0.15) is 24.0 Å². The molecule has 0 aliphatic carbocycles. The molecule has 1 aromatic rings. The highest BCUT2D eigenvalue weighted by atomic mass is 32.2. The largest absolute Gasteiger partial charge is 0.355 e. The molecule has 1 atom stereocenters. The van der Waals surface area contributed by atoms with Crippen molar-refractivity contribution in [2.75, 3.05) is 39.5 Å². The Bertz CT molecular complexity index is 592. The Kier molecular flexibility index (Phi) is 7.62. The zero-order chi connectivity index (χ0) is 18.2. The van der Waals surface area contributed by atoms with Gasteiger partial charge >= 0.3 is 6.03 Å². The van der Waals surface area contributed by atoms with E-state index >= 15 is 0 Å². The Balaban J connectivity index is 1.68. The number of hydrogen-bond acceptors (Lipinski definition) is 3. The van der Waals surface area contributed by atoms with E-state index in [-0.39, 0.29) is 17.9 Å². The van der Waals surface area contributed by atoms with Crippen molar-refractivity contribution in [1.29, 1.82) is 0 Å². The first-order valence-electron chi connectivity index (χ1n) is 8.85. The summed E-state index contributed by atoms with van der Waals surface area (Å²) in [6.45, 7) is 4.07. The average Bonchev–Trinajstić information content (AvgIpc) is 2.62. The number of rotatable bonds is 6. The molecule has 2 rings (SSSR count). The number of carbonyl (C=O) groups is 2. The summed E-state index contributed by atoms with van der Waals surface area (Å²) in [6, 6.07) is 8.39. The zero-order valence-corrected chi connectivity index (χ0v) is 16.3. The van der Waals surface area contributed by atoms with Crippen LogP contribution >= 0.6 is 11.8 Å². The molecular formula is C19H29N3O2S. The Morgan fingerprint density at radius 1 is 1.32 bits per heavy atom. The minimum atomic E-state index is -0.0842. The maximum atomic E-state index is 12.4. The Hall–Kier alpha value is -1.69. The number of hydrogen-bond donors (Lipinski definition) is 1. The van der Waals surface area contributed by atoms with E-state index in [2.05, 4.69) is 36.5 Å². The summed E-state index contributed by atoms with van der Waals surface area (Å²) in [5, 5.41) is 3.03. The maximum Gasteiger partial charge on any atom is 0.319 e. The molecule has 25 heavy (non-hydrogen) atoms. The number of likely N-dealkylation sites (tertiary alicyclic amines) is 1. The van der Waals surface area contributed by atoms with E-state index in [0.29, 0.717) is 13.1 Å². The third-order valence-corrected chi connectivity index (χ3v) is 5.52. The van der Waals surface area contributed by atoms with E-state index in [0.717, 1.165) is 30.9 Å². The van der Waals surface area contributed by atoms with Gasteiger partial charge in [-0.2, -0.15) is 11.8 Å². The Morgan fingerprint density at radius 3 is 2.80 bits per heavy atom. The summed E-state index contributed by atoms with van der Waals surface area (Å²) in [6.07, 6.45) is 1.75. The summed E-state index contributed by atoms with van der Waals surface area (Å²) in [4.78, 5) is 27.7. The SMILES string of the molecule is Cc1ccccc1CSCCNC(=O)[C@@H]1CCCN(C(=O)N(C)C)C1. The van der Waals surface area contributed by atoms with Gasteiger partial charge in [0.2, 0.25) is 5.91 Å². The molecule has 0 radical (unpaired) electrons. The number of piperidine rings is 1. The van der Waals surface area contributed by atoms with Gasteiger partial charge in [-0.25, -0.2) is 4.79 Å². The number of thioether (sulfide) groups is 1. The summed E-state index contributed by atoms with van der Waals surface area (Å²) >= 11 is 1.83. The van der Waals surface area contributed by atoms with Crippen LogP contribution in [0.25, 0.3) is 0 Å². The van der Waals surface area contributed by atoms with Crippen molar-refractivity contribution in [2.45, 2.75) is 25.5 Å². The van der Waals surface area contributed by atoms with E-state index in [1.807, 2.05) is 11.8 Å². The number of aryl methyl sites for hydroxylation is 1. The number of carbonyl (C=O) groups excluding carboxylic acids is 2. The van der Waals surface area contributed by atoms with Crippen LogP contribution in [-0.2, 0) is 10.5 Å². The smallest absolute Gasteiger partial charge is 0.319 e. The highest BCUT2D eigenvalue weighted by Gasteiger charge is 2.28. The molecule has 0 spiro atoms. The lowest BCUT2D eigenvalue weighted by atomic mass is 9.97. The molecule has 5 nitrogen and oxygen atoms in total. The number of urea groups is 1. The second kappa shape index (κ2) is 9.70. The van der Waals surface area contributed by atoms with Crippen LogP contribution in [0.4, 0.5) is 4.79 Å². The molecular weight excluding hydrogens is 334 g/mol. The van der Waals surface area contributed by atoms with Gasteiger partial charge in [-0.15, -0.1) is 0 Å². The second-order valence-corrected chi connectivity index (χ2v) is 7.84. The van der Waals surface area contributed by atoms with Crippen molar-refractivity contribution in [3.63, 3.8) is 0 Å². The molecule has 0 saturated carbocycles. The first-order valence-corrected chi connectivity index (χ1v) is 10.0. The van der Waals surface area contributed by atoms with Crippen LogP contribution in [0.2, 0.25) is 0 Å². The van der Waals surface area contributed by atoms with Crippen LogP contribution in [0, 0.1) is 12.8 Å². The number of amides is 3. The maximum absolute atomic E-state index is 12.4. The monoisotopic (exact) mass is 363 g/mol. The van der Waals surface area contributed by atoms with Gasteiger partial charge in [0.25, 0.3) is 0 Å². The van der Waals surface area contributed by atoms with E-state index in [4.69, 9.17) is 0 Å². The van der Waals surface area contributed by atoms with Crippen molar-refractivity contribution in [3.8, 4) is 0 Å². The van der Waals surface area contributed by atoms with E-state index in [1.165, 1.54) is 11.1 Å². The van der Waals surface area contributed by atoms with Crippen LogP contribution in [-0.4, -0.2) is 61.2 Å². The van der Waals surface area contributed by atoms with Gasteiger partial charge in [0, 0.05) is 45.2 Å². The summed E-state index contributed by atoms with van der Waals surface area (Å²) in [7, 11) is 3.50. The fourth-order valence-corrected chi connectivity index (χ4v) is 3.93. The molecule has 0 bridgehead atoms. The number of nitrogens with one attached hydrogen (secondary N) is 1. The molecule has 3 amide bonds. The van der Waals surface area contributed by atoms with Crippen molar-refractivity contribution >= 4 is 23.7 Å². The van der Waals surface area contributed by atoms with Crippen LogP contribution in [0.15, 0.2) is 24.3 Å². The summed E-state index contributed by atoms with van der Waals surface area (Å²) in [5.41, 5.74) is 2.66. The quantitative estimate of drug-likeness (QED) is 0.791. The molecule has 1 N–H and O–H groups in total. The molecule has 1 aliphatic heterocycles. The lowest BCUT2D eigenvalue weighted by Gasteiger charge is -2.33. The first kappa shape index (κ1) is 19.6. The van der Waals surface area contributed by atoms with Crippen LogP contribution < -0.4 is 5.32 Å². The Morgan fingerprint density at radius 2 is 2.08 bits per heavy atom. The minimum absolute atomic E-state index is 0.00807. The molecule has 6 heteroatoms. The van der Waals surface area contributed by atoms with Gasteiger partial charge in [-0.1, -0.05) is 24.3 Å². The van der Waals surface area contributed by atoms with Gasteiger partial charge in [-0.05, 0) is 30.9 Å². The topological polar surface area (TPSA) is 52.7 Å². The van der Waals surface area contributed by atoms with Gasteiger partial charge in [0.15, 0.2) is 0 Å². The highest BCUT2D eigenvalue weighted by Crippen LogP contribution is 2.18. The molecule has 0 unspecified atom stereocenters. The molecule has 1 aromatic carbocycles. The van der Waals surface area contributed by atoms with E-state index in [1.54, 1.807) is 23.9 Å². The molecule has 0 aromatic heterocycles. The average molecular weight is 364 g/mol. The van der Waals surface area contributed by atoms with E-state index < -0.39 is 0 Å². The third-order valence-electron chi connectivity index (χ3n) is 4.51. The van der Waals surface area contributed by atoms with E-state index in [9.17, 15) is 9.59 Å². The number of benzene rings is 1. The molecule has 1 saturated heterocycles. The van der Waals surface area contributed by atoms with Crippen molar-refractivity contribution in [3.05, 3.63) is 35.4 Å². The molecule has 1 fully saturated rings. The standard InChI is InChI=1S/C19H29N3O2S/c1-15-7-4-5-8-17(15)14-25-12-10-20-18(23)16-9-6-11-22(13-16)19(24)21(2)3/h4-5,7-8,16H,6,9-14H2,1-3H3,(H,20,23)/t16-/m1/s1. The van der Waals surface area contributed by atoms with Crippen LogP contribution in [0.3, 0.4) is 0 Å². The zero-order valence-electron chi connectivity index (χ0n) is 15.5. The lowest BCUT2D eigenvalue weighted by Crippen LogP contribution is -2.48. The first-order chi connectivity index (χ1) is 12.0. The molecule has 138 valence electrons. The van der Waals surface area contributed by atoms with Crippen molar-refractivity contribution in [1.82, 2.24) is 15.1 Å². The van der Waals surface area contributed by atoms with Crippen molar-refractivity contribution in [2.24, 2.45) is 5.92 Å². The van der Waals surface area contributed by atoms with Gasteiger partial charge < -0.3 is 15.1 Å². The summed E-state index contributed by atoms with van der Waals surface area (Å²) in [5.74, 6) is 1.86. The molecule has 1 aliphatic rings. The molecule has 1 heterocycles. The van der Waals surface area contributed by atoms with Crippen molar-refractivity contribution < 1.29 is 9.59 Å². The van der Waals surface area contributed by atoms with Gasteiger partial charge in [-0.3, -0.25) is 4.79 Å². The predicted octanol–water partition coefficient (Wildman–Crippen LogP) is 2.74. The normalized spacial score (nSPS) is 17.2. The fourth-order valence-electron chi connectivity index (χ4n) is 2.99. The lowest BCUT2D eigenvalue weighted by molar-refractivity contribution is -0.126. The minimum Gasteiger partial charge on any atom is -0.355 e. The Labute approximate surface area is 155 Å². The fraction of sp³-hybridized carbons (Fsp3) is 0.579. The second-order valence-electron chi connectivity index (χ2n) is 6.73. The number of nitrogens with zero attached hydrogens (tertiary/aromatic N) is 2. The third kappa shape index (κ3) is 5.96.